The summed E-state index contributed by atoms with van der Waals surface area (Å²) >= 11 is 0. The van der Waals surface area contributed by atoms with E-state index in [1.165, 1.54) is 0 Å². The predicted octanol–water partition coefficient (Wildman–Crippen LogP) is 3.28. The molecule has 0 bridgehead atoms. The number of aryl methyl sites for hydroxylation is 3. The zero-order valence-electron chi connectivity index (χ0n) is 17.4. The first-order valence-electron chi connectivity index (χ1n) is 10.1. The number of likely N-dealkylation sites (tertiary alicyclic amines) is 1. The normalized spacial score (nSPS) is 15.1. The van der Waals surface area contributed by atoms with Gasteiger partial charge in [0.1, 0.15) is 5.76 Å². The molecular formula is C22H30N4O3. The van der Waals surface area contributed by atoms with Gasteiger partial charge in [0, 0.05) is 12.2 Å². The number of nitrogens with zero attached hydrogens (tertiary/aromatic N) is 1. The number of furan rings is 1. The molecule has 3 N–H and O–H groups in total. The minimum absolute atomic E-state index is 0.00457. The van der Waals surface area contributed by atoms with Gasteiger partial charge in [-0.25, -0.2) is 4.79 Å². The molecule has 1 fully saturated rings. The first-order chi connectivity index (χ1) is 13.9. The minimum atomic E-state index is -0.367. The van der Waals surface area contributed by atoms with Crippen LogP contribution in [0, 0.1) is 20.8 Å². The summed E-state index contributed by atoms with van der Waals surface area (Å²) in [5.74, 6) is 0.590. The van der Waals surface area contributed by atoms with Crippen LogP contribution < -0.4 is 16.0 Å². The van der Waals surface area contributed by atoms with Crippen LogP contribution in [0.1, 0.15) is 41.3 Å². The number of hydrogen-bond donors (Lipinski definition) is 3. The molecule has 1 aromatic heterocycles. The predicted molar refractivity (Wildman–Crippen MR) is 113 cm³/mol. The summed E-state index contributed by atoms with van der Waals surface area (Å²) in [6.07, 6.45) is 3.96. The Morgan fingerprint density at radius 2 is 1.79 bits per heavy atom. The van der Waals surface area contributed by atoms with Gasteiger partial charge >= 0.3 is 6.03 Å². The van der Waals surface area contributed by atoms with E-state index in [-0.39, 0.29) is 24.5 Å². The third kappa shape index (κ3) is 5.60. The second-order valence-electron chi connectivity index (χ2n) is 7.66. The van der Waals surface area contributed by atoms with Gasteiger partial charge in [-0.2, -0.15) is 0 Å². The Bertz CT molecular complexity index is 819. The maximum atomic E-state index is 12.3. The molecule has 7 nitrogen and oxygen atoms in total. The molecule has 7 heteroatoms. The average Bonchev–Trinajstić information content (AvgIpc) is 3.38. The van der Waals surface area contributed by atoms with Crippen molar-refractivity contribution in [2.75, 3.05) is 31.5 Å². The summed E-state index contributed by atoms with van der Waals surface area (Å²) in [6.45, 7) is 8.27. The molecule has 0 spiro atoms. The van der Waals surface area contributed by atoms with Gasteiger partial charge in [0.15, 0.2) is 0 Å². The van der Waals surface area contributed by atoms with Crippen molar-refractivity contribution in [3.05, 3.63) is 53.0 Å². The molecule has 3 rings (SSSR count). The zero-order chi connectivity index (χ0) is 20.8. The summed E-state index contributed by atoms with van der Waals surface area (Å²) in [5, 5.41) is 8.39. The summed E-state index contributed by atoms with van der Waals surface area (Å²) in [7, 11) is 0. The second kappa shape index (κ2) is 9.60. The fourth-order valence-electron chi connectivity index (χ4n) is 3.92. The van der Waals surface area contributed by atoms with Gasteiger partial charge in [-0.15, -0.1) is 0 Å². The highest BCUT2D eigenvalue weighted by Gasteiger charge is 2.25. The van der Waals surface area contributed by atoms with Crippen LogP contribution in [0.25, 0.3) is 0 Å². The summed E-state index contributed by atoms with van der Waals surface area (Å²) in [5.41, 5.74) is 3.97. The van der Waals surface area contributed by atoms with E-state index in [9.17, 15) is 9.59 Å². The number of rotatable bonds is 7. The molecule has 0 saturated carbocycles. The lowest BCUT2D eigenvalue weighted by Gasteiger charge is -2.26. The van der Waals surface area contributed by atoms with Crippen LogP contribution in [0.5, 0.6) is 0 Å². The largest absolute Gasteiger partial charge is 0.468 e. The van der Waals surface area contributed by atoms with Gasteiger partial charge in [-0.1, -0.05) is 17.7 Å². The molecule has 1 aromatic carbocycles. The number of amides is 3. The van der Waals surface area contributed by atoms with Crippen molar-refractivity contribution >= 4 is 17.6 Å². The lowest BCUT2D eigenvalue weighted by molar-refractivity contribution is -0.115. The summed E-state index contributed by atoms with van der Waals surface area (Å²) < 4.78 is 5.56. The molecule has 3 amide bonds. The van der Waals surface area contributed by atoms with Crippen molar-refractivity contribution in [2.24, 2.45) is 0 Å². The Morgan fingerprint density at radius 1 is 1.10 bits per heavy atom. The van der Waals surface area contributed by atoms with Crippen molar-refractivity contribution in [3.63, 3.8) is 0 Å². The van der Waals surface area contributed by atoms with Gasteiger partial charge in [0.05, 0.1) is 18.8 Å². The van der Waals surface area contributed by atoms with Crippen molar-refractivity contribution < 1.29 is 14.0 Å². The molecule has 0 unspecified atom stereocenters. The molecule has 29 heavy (non-hydrogen) atoms. The van der Waals surface area contributed by atoms with E-state index < -0.39 is 0 Å². The number of benzene rings is 1. The lowest BCUT2D eigenvalue weighted by atomic mass is 10.1. The molecule has 1 aliphatic heterocycles. The number of anilines is 1. The molecule has 1 saturated heterocycles. The van der Waals surface area contributed by atoms with Gasteiger partial charge in [0.2, 0.25) is 5.91 Å². The van der Waals surface area contributed by atoms with E-state index in [0.717, 1.165) is 54.1 Å². The van der Waals surface area contributed by atoms with E-state index in [2.05, 4.69) is 20.9 Å². The molecule has 156 valence electrons. The lowest BCUT2D eigenvalue weighted by Crippen LogP contribution is -2.43. The highest BCUT2D eigenvalue weighted by molar-refractivity contribution is 5.95. The summed E-state index contributed by atoms with van der Waals surface area (Å²) in [6, 6.07) is 7.48. The maximum Gasteiger partial charge on any atom is 0.315 e. The second-order valence-corrected chi connectivity index (χ2v) is 7.66. The van der Waals surface area contributed by atoms with Gasteiger partial charge in [0.25, 0.3) is 0 Å². The smallest absolute Gasteiger partial charge is 0.315 e. The standard InChI is InChI=1S/C22H30N4O3/c1-15-11-16(2)21(17(3)12-15)25-20(27)14-24-22(28)23-13-18(19-7-6-10-29-19)26-8-4-5-9-26/h6-7,10-12,18H,4-5,8-9,13-14H2,1-3H3,(H,25,27)(H2,23,24,28)/t18-/m0/s1. The SMILES string of the molecule is Cc1cc(C)c(NC(=O)CNC(=O)NC[C@@H](c2ccco2)N2CCCC2)c(C)c1. The Labute approximate surface area is 171 Å². The number of nitrogens with one attached hydrogen (secondary N) is 3. The number of urea groups is 1. The Morgan fingerprint density at radius 3 is 2.41 bits per heavy atom. The number of hydrogen-bond acceptors (Lipinski definition) is 4. The van der Waals surface area contributed by atoms with Crippen LogP contribution in [0.3, 0.4) is 0 Å². The Balaban J connectivity index is 1.48. The Hall–Kier alpha value is -2.80. The molecule has 1 atom stereocenters. The molecule has 0 radical (unpaired) electrons. The minimum Gasteiger partial charge on any atom is -0.468 e. The van der Waals surface area contributed by atoms with E-state index in [0.29, 0.717) is 6.54 Å². The van der Waals surface area contributed by atoms with E-state index >= 15 is 0 Å². The quantitative estimate of drug-likeness (QED) is 0.668. The monoisotopic (exact) mass is 398 g/mol. The van der Waals surface area contributed by atoms with Crippen LogP contribution in [0.2, 0.25) is 0 Å². The molecule has 2 heterocycles. The van der Waals surface area contributed by atoms with Gasteiger partial charge in [-0.3, -0.25) is 9.69 Å². The molecule has 2 aromatic rings. The van der Waals surface area contributed by atoms with Crippen LogP contribution >= 0.6 is 0 Å². The summed E-state index contributed by atoms with van der Waals surface area (Å²) in [4.78, 5) is 26.8. The van der Waals surface area contributed by atoms with Crippen LogP contribution in [-0.2, 0) is 4.79 Å². The fourth-order valence-corrected chi connectivity index (χ4v) is 3.92. The third-order valence-electron chi connectivity index (χ3n) is 5.26. The van der Waals surface area contributed by atoms with Crippen molar-refractivity contribution in [3.8, 4) is 0 Å². The average molecular weight is 399 g/mol. The zero-order valence-corrected chi connectivity index (χ0v) is 17.4. The van der Waals surface area contributed by atoms with E-state index in [1.54, 1.807) is 6.26 Å². The van der Waals surface area contributed by atoms with E-state index in [4.69, 9.17) is 4.42 Å². The molecular weight excluding hydrogens is 368 g/mol. The highest BCUT2D eigenvalue weighted by atomic mass is 16.3. The van der Waals surface area contributed by atoms with Crippen LogP contribution in [0.4, 0.5) is 10.5 Å². The first-order valence-corrected chi connectivity index (χ1v) is 10.1. The Kier molecular flexibility index (Phi) is 6.93. The van der Waals surface area contributed by atoms with E-state index in [1.807, 2.05) is 45.0 Å². The topological polar surface area (TPSA) is 86.6 Å². The van der Waals surface area contributed by atoms with Crippen LogP contribution in [0.15, 0.2) is 34.9 Å². The van der Waals surface area contributed by atoms with Gasteiger partial charge < -0.3 is 20.4 Å². The molecule has 1 aliphatic rings. The van der Waals surface area contributed by atoms with Gasteiger partial charge in [-0.05, 0) is 70.0 Å². The first kappa shape index (κ1) is 20.9. The third-order valence-corrected chi connectivity index (χ3v) is 5.26. The van der Waals surface area contributed by atoms with Crippen molar-refractivity contribution in [1.82, 2.24) is 15.5 Å². The maximum absolute atomic E-state index is 12.3. The highest BCUT2D eigenvalue weighted by Crippen LogP contribution is 2.25. The number of carbonyl (C=O) groups is 2. The van der Waals surface area contributed by atoms with Crippen LogP contribution in [-0.4, -0.2) is 43.0 Å². The van der Waals surface area contributed by atoms with Crippen molar-refractivity contribution in [2.45, 2.75) is 39.7 Å². The molecule has 0 aliphatic carbocycles. The fraction of sp³-hybridized carbons (Fsp3) is 0.455. The number of carbonyl (C=O) groups excluding carboxylic acids is 2. The van der Waals surface area contributed by atoms with Crippen molar-refractivity contribution in [1.29, 1.82) is 0 Å².